The quantitative estimate of drug-likeness (QED) is 0.395. The first-order valence-corrected chi connectivity index (χ1v) is 11.7. The van der Waals surface area contributed by atoms with E-state index in [0.29, 0.717) is 29.8 Å². The molecule has 1 aliphatic heterocycles. The number of rotatable bonds is 6. The van der Waals surface area contributed by atoms with Gasteiger partial charge in [0.1, 0.15) is 0 Å². The number of benzene rings is 1. The zero-order valence-electron chi connectivity index (χ0n) is 19.5. The third kappa shape index (κ3) is 5.07. The Balaban J connectivity index is 1.40. The monoisotopic (exact) mass is 481 g/mol. The lowest BCUT2D eigenvalue weighted by Gasteiger charge is -2.36. The minimum absolute atomic E-state index is 0.106. The van der Waals surface area contributed by atoms with Gasteiger partial charge < -0.3 is 19.9 Å². The zero-order chi connectivity index (χ0) is 24.3. The summed E-state index contributed by atoms with van der Waals surface area (Å²) < 4.78 is 5.34. The Morgan fingerprint density at radius 2 is 2.00 bits per heavy atom. The predicted octanol–water partition coefficient (Wildman–Crippen LogP) is 4.58. The van der Waals surface area contributed by atoms with Crippen LogP contribution in [0.2, 0.25) is 5.02 Å². The minimum atomic E-state index is -1.22. The summed E-state index contributed by atoms with van der Waals surface area (Å²) in [5.41, 5.74) is 1.37. The van der Waals surface area contributed by atoms with Gasteiger partial charge in [0.2, 0.25) is 5.95 Å². The van der Waals surface area contributed by atoms with Gasteiger partial charge in [-0.1, -0.05) is 35.9 Å². The molecule has 9 heteroatoms. The Kier molecular flexibility index (Phi) is 6.88. The molecule has 0 bridgehead atoms. The van der Waals surface area contributed by atoms with Gasteiger partial charge in [0, 0.05) is 47.9 Å². The van der Waals surface area contributed by atoms with Crippen molar-refractivity contribution < 1.29 is 14.3 Å². The highest BCUT2D eigenvalue weighted by atomic mass is 35.5. The Labute approximate surface area is 203 Å². The number of nitrogens with one attached hydrogen (secondary N) is 2. The normalized spacial score (nSPS) is 15.1. The van der Waals surface area contributed by atoms with E-state index in [1.807, 2.05) is 30.5 Å². The van der Waals surface area contributed by atoms with Gasteiger partial charge in [-0.3, -0.25) is 4.79 Å². The van der Waals surface area contributed by atoms with Crippen LogP contribution in [-0.4, -0.2) is 56.5 Å². The number of hydrogen-bond acceptors (Lipinski definition) is 6. The topological polar surface area (TPSA) is 100 Å². The highest BCUT2D eigenvalue weighted by molar-refractivity contribution is 6.33. The van der Waals surface area contributed by atoms with E-state index in [1.165, 1.54) is 6.08 Å². The van der Waals surface area contributed by atoms with Crippen LogP contribution in [-0.2, 0) is 14.3 Å². The molecule has 1 fully saturated rings. The molecule has 8 nitrogen and oxygen atoms in total. The summed E-state index contributed by atoms with van der Waals surface area (Å²) in [6.45, 7) is 6.05. The first-order chi connectivity index (χ1) is 16.3. The number of para-hydroxylation sites is 1. The molecule has 1 amide bonds. The van der Waals surface area contributed by atoms with Crippen molar-refractivity contribution in [1.82, 2.24) is 19.9 Å². The molecule has 0 aliphatic carbocycles. The standard InChI is InChI=1S/C25H28ClN5O3/c1-4-7-21(32)34-25(2,3)23(33)31-12-10-16(11-13-31)29-24-28-15-19(26)22(30-24)18-14-27-20-9-6-5-8-17(18)20/h4-9,14-16,27H,10-13H2,1-3H3,(H,28,29,30)/b7-4+. The lowest BCUT2D eigenvalue weighted by atomic mass is 10.0. The maximum absolute atomic E-state index is 12.9. The molecular weight excluding hydrogens is 454 g/mol. The number of piperidine rings is 1. The maximum atomic E-state index is 12.9. The summed E-state index contributed by atoms with van der Waals surface area (Å²) in [6, 6.07) is 8.09. The van der Waals surface area contributed by atoms with Gasteiger partial charge in [0.15, 0.2) is 5.60 Å². The number of aromatic nitrogens is 3. The lowest BCUT2D eigenvalue weighted by Crippen LogP contribution is -2.51. The number of H-pyrrole nitrogens is 1. The third-order valence-electron chi connectivity index (χ3n) is 5.88. The van der Waals surface area contributed by atoms with Crippen LogP contribution in [0.25, 0.3) is 22.2 Å². The van der Waals surface area contributed by atoms with Gasteiger partial charge in [-0.15, -0.1) is 0 Å². The molecule has 1 aromatic carbocycles. The molecule has 0 spiro atoms. The van der Waals surface area contributed by atoms with Gasteiger partial charge in [-0.25, -0.2) is 14.8 Å². The molecule has 2 N–H and O–H groups in total. The second-order valence-electron chi connectivity index (χ2n) is 8.78. The highest BCUT2D eigenvalue weighted by Crippen LogP contribution is 2.32. The number of aromatic amines is 1. The van der Waals surface area contributed by atoms with E-state index in [4.69, 9.17) is 16.3 Å². The number of hydrogen-bond donors (Lipinski definition) is 2. The summed E-state index contributed by atoms with van der Waals surface area (Å²) in [5, 5.41) is 4.90. The van der Waals surface area contributed by atoms with Crippen molar-refractivity contribution >= 4 is 40.3 Å². The van der Waals surface area contributed by atoms with Crippen LogP contribution in [0.5, 0.6) is 0 Å². The Bertz CT molecular complexity index is 1230. The van der Waals surface area contributed by atoms with Crippen LogP contribution in [0.1, 0.15) is 33.6 Å². The molecule has 2 aromatic heterocycles. The van der Waals surface area contributed by atoms with E-state index in [0.717, 1.165) is 29.3 Å². The van der Waals surface area contributed by atoms with E-state index in [-0.39, 0.29) is 11.9 Å². The first-order valence-electron chi connectivity index (χ1n) is 11.3. The molecule has 0 radical (unpaired) electrons. The largest absolute Gasteiger partial charge is 0.446 e. The number of halogens is 1. The highest BCUT2D eigenvalue weighted by Gasteiger charge is 2.37. The number of likely N-dealkylation sites (tertiary alicyclic amines) is 1. The number of esters is 1. The third-order valence-corrected chi connectivity index (χ3v) is 6.15. The molecule has 0 unspecified atom stereocenters. The molecule has 34 heavy (non-hydrogen) atoms. The fourth-order valence-corrected chi connectivity index (χ4v) is 4.34. The summed E-state index contributed by atoms with van der Waals surface area (Å²) in [5.74, 6) is -0.230. The van der Waals surface area contributed by atoms with Crippen molar-refractivity contribution in [2.75, 3.05) is 18.4 Å². The Morgan fingerprint density at radius 3 is 2.74 bits per heavy atom. The molecule has 3 heterocycles. The number of fused-ring (bicyclic) bond motifs is 1. The van der Waals surface area contributed by atoms with E-state index in [1.54, 1.807) is 37.9 Å². The second kappa shape index (κ2) is 9.85. The molecule has 0 atom stereocenters. The van der Waals surface area contributed by atoms with Gasteiger partial charge in [-0.2, -0.15) is 0 Å². The number of allylic oxidation sites excluding steroid dienone is 1. The number of carbonyl (C=O) groups is 2. The molecule has 0 saturated carbocycles. The fraction of sp³-hybridized carbons (Fsp3) is 0.360. The van der Waals surface area contributed by atoms with Gasteiger partial charge >= 0.3 is 5.97 Å². The number of anilines is 1. The summed E-state index contributed by atoms with van der Waals surface area (Å²) >= 11 is 6.43. The Hall–Kier alpha value is -3.39. The molecule has 3 aromatic rings. The molecular formula is C25H28ClN5O3. The first kappa shape index (κ1) is 23.8. The minimum Gasteiger partial charge on any atom is -0.446 e. The molecule has 4 rings (SSSR count). The average Bonchev–Trinajstić information content (AvgIpc) is 3.24. The summed E-state index contributed by atoms with van der Waals surface area (Å²) in [6.07, 6.45) is 7.84. The number of carbonyl (C=O) groups excluding carboxylic acids is 2. The number of nitrogens with zero attached hydrogens (tertiary/aromatic N) is 3. The predicted molar refractivity (Wildman–Crippen MR) is 133 cm³/mol. The molecule has 1 aliphatic rings. The average molecular weight is 482 g/mol. The number of ether oxygens (including phenoxy) is 1. The second-order valence-corrected chi connectivity index (χ2v) is 9.19. The summed E-state index contributed by atoms with van der Waals surface area (Å²) in [4.78, 5) is 38.7. The van der Waals surface area contributed by atoms with Crippen LogP contribution in [0, 0.1) is 0 Å². The van der Waals surface area contributed by atoms with E-state index in [2.05, 4.69) is 20.3 Å². The summed E-state index contributed by atoms with van der Waals surface area (Å²) in [7, 11) is 0. The molecule has 1 saturated heterocycles. The van der Waals surface area contributed by atoms with Crippen molar-refractivity contribution in [2.24, 2.45) is 0 Å². The van der Waals surface area contributed by atoms with E-state index < -0.39 is 11.6 Å². The van der Waals surface area contributed by atoms with Gasteiger partial charge in [-0.05, 0) is 39.7 Å². The van der Waals surface area contributed by atoms with Crippen LogP contribution in [0.3, 0.4) is 0 Å². The Morgan fingerprint density at radius 1 is 1.26 bits per heavy atom. The smallest absolute Gasteiger partial charge is 0.331 e. The maximum Gasteiger partial charge on any atom is 0.331 e. The SMILES string of the molecule is C/C=C/C(=O)OC(C)(C)C(=O)N1CCC(Nc2ncc(Cl)c(-c3c[nH]c4ccccc34)n2)CC1. The molecule has 178 valence electrons. The van der Waals surface area contributed by atoms with Crippen molar-refractivity contribution in [3.8, 4) is 11.3 Å². The van der Waals surface area contributed by atoms with Gasteiger partial charge in [0.25, 0.3) is 5.91 Å². The van der Waals surface area contributed by atoms with Crippen molar-refractivity contribution in [3.63, 3.8) is 0 Å². The van der Waals surface area contributed by atoms with E-state index in [9.17, 15) is 9.59 Å². The van der Waals surface area contributed by atoms with Crippen molar-refractivity contribution in [3.05, 3.63) is 53.8 Å². The van der Waals surface area contributed by atoms with Crippen LogP contribution >= 0.6 is 11.6 Å². The fourth-order valence-electron chi connectivity index (χ4n) is 4.15. The zero-order valence-corrected chi connectivity index (χ0v) is 20.2. The lowest BCUT2D eigenvalue weighted by molar-refractivity contribution is -0.167. The van der Waals surface area contributed by atoms with Crippen LogP contribution < -0.4 is 5.32 Å². The van der Waals surface area contributed by atoms with Crippen molar-refractivity contribution in [2.45, 2.75) is 45.3 Å². The van der Waals surface area contributed by atoms with E-state index >= 15 is 0 Å². The van der Waals surface area contributed by atoms with Crippen LogP contribution in [0.4, 0.5) is 5.95 Å². The van der Waals surface area contributed by atoms with Crippen molar-refractivity contribution in [1.29, 1.82) is 0 Å². The number of amides is 1. The van der Waals surface area contributed by atoms with Gasteiger partial charge in [0.05, 0.1) is 16.9 Å². The van der Waals surface area contributed by atoms with Crippen LogP contribution in [0.15, 0.2) is 48.8 Å².